The first-order valence-corrected chi connectivity index (χ1v) is 7.70. The summed E-state index contributed by atoms with van der Waals surface area (Å²) in [6.45, 7) is 5.15. The van der Waals surface area contributed by atoms with Crippen molar-refractivity contribution in [3.8, 4) is 0 Å². The molecule has 0 radical (unpaired) electrons. The molecule has 128 valence electrons. The molecule has 0 bridgehead atoms. The number of halogens is 2. The van der Waals surface area contributed by atoms with Crippen LogP contribution in [0.4, 0.5) is 4.39 Å². The molecular formula is C17H17ClFNO4. The molecule has 5 nitrogen and oxygen atoms in total. The number of rotatable bonds is 5. The predicted octanol–water partition coefficient (Wildman–Crippen LogP) is 3.96. The molecule has 0 saturated heterocycles. The highest BCUT2D eigenvalue weighted by Gasteiger charge is 2.23. The molecular weight excluding hydrogens is 337 g/mol. The van der Waals surface area contributed by atoms with E-state index < -0.39 is 17.8 Å². The van der Waals surface area contributed by atoms with Crippen LogP contribution in [-0.2, 0) is 16.1 Å². The number of nitrogens with one attached hydrogen (secondary N) is 1. The van der Waals surface area contributed by atoms with Gasteiger partial charge in [0.15, 0.2) is 0 Å². The topological polar surface area (TPSA) is 68.4 Å². The number of benzene rings is 1. The number of aromatic amines is 1. The summed E-state index contributed by atoms with van der Waals surface area (Å²) in [5.41, 5.74) is 1.97. The molecule has 2 rings (SSSR count). The van der Waals surface area contributed by atoms with Gasteiger partial charge in [0.05, 0.1) is 17.2 Å². The molecule has 1 N–H and O–H groups in total. The second-order valence-corrected chi connectivity index (χ2v) is 5.56. The lowest BCUT2D eigenvalue weighted by atomic mass is 10.1. The normalized spacial score (nSPS) is 10.5. The summed E-state index contributed by atoms with van der Waals surface area (Å²) < 4.78 is 23.2. The predicted molar refractivity (Wildman–Crippen MR) is 86.8 cm³/mol. The van der Waals surface area contributed by atoms with Crippen molar-refractivity contribution in [1.29, 1.82) is 0 Å². The number of aryl methyl sites for hydroxylation is 1. The van der Waals surface area contributed by atoms with Crippen molar-refractivity contribution in [3.63, 3.8) is 0 Å². The van der Waals surface area contributed by atoms with Crippen LogP contribution in [0.2, 0.25) is 5.02 Å². The Labute approximate surface area is 143 Å². The minimum Gasteiger partial charge on any atom is -0.462 e. The number of carbonyl (C=O) groups excluding carboxylic acids is 2. The first-order valence-electron chi connectivity index (χ1n) is 7.32. The monoisotopic (exact) mass is 353 g/mol. The van der Waals surface area contributed by atoms with Crippen molar-refractivity contribution in [3.05, 3.63) is 57.1 Å². The molecule has 0 spiro atoms. The fourth-order valence-corrected chi connectivity index (χ4v) is 2.54. The third-order valence-electron chi connectivity index (χ3n) is 3.50. The third-order valence-corrected chi connectivity index (χ3v) is 3.85. The van der Waals surface area contributed by atoms with Crippen molar-refractivity contribution in [2.75, 3.05) is 6.61 Å². The largest absolute Gasteiger partial charge is 0.462 e. The lowest BCUT2D eigenvalue weighted by Gasteiger charge is -2.07. The zero-order valence-corrected chi connectivity index (χ0v) is 14.3. The Morgan fingerprint density at radius 3 is 2.54 bits per heavy atom. The van der Waals surface area contributed by atoms with E-state index in [0.29, 0.717) is 22.4 Å². The van der Waals surface area contributed by atoms with E-state index in [0.717, 1.165) is 6.07 Å². The fraction of sp³-hybridized carbons (Fsp3) is 0.294. The van der Waals surface area contributed by atoms with Crippen LogP contribution >= 0.6 is 11.6 Å². The molecule has 24 heavy (non-hydrogen) atoms. The average molecular weight is 354 g/mol. The van der Waals surface area contributed by atoms with Gasteiger partial charge in [-0.2, -0.15) is 0 Å². The molecule has 1 aromatic heterocycles. The molecule has 0 atom stereocenters. The highest BCUT2D eigenvalue weighted by Crippen LogP contribution is 2.22. The molecule has 0 fully saturated rings. The van der Waals surface area contributed by atoms with Gasteiger partial charge < -0.3 is 14.5 Å². The van der Waals surface area contributed by atoms with Gasteiger partial charge in [0, 0.05) is 11.3 Å². The molecule has 0 amide bonds. The molecule has 0 saturated carbocycles. The van der Waals surface area contributed by atoms with Crippen LogP contribution in [0.5, 0.6) is 0 Å². The summed E-state index contributed by atoms with van der Waals surface area (Å²) in [5.74, 6) is -1.60. The van der Waals surface area contributed by atoms with Crippen molar-refractivity contribution >= 4 is 23.5 Å². The maximum absolute atomic E-state index is 13.0. The van der Waals surface area contributed by atoms with E-state index in [2.05, 4.69) is 4.98 Å². The molecule has 0 aliphatic carbocycles. The molecule has 0 unspecified atom stereocenters. The Balaban J connectivity index is 2.15. The van der Waals surface area contributed by atoms with Crippen LogP contribution in [0, 0.1) is 19.7 Å². The van der Waals surface area contributed by atoms with Crippen LogP contribution in [0.3, 0.4) is 0 Å². The lowest BCUT2D eigenvalue weighted by Crippen LogP contribution is -2.09. The van der Waals surface area contributed by atoms with Crippen LogP contribution < -0.4 is 0 Å². The van der Waals surface area contributed by atoms with Gasteiger partial charge in [-0.15, -0.1) is 0 Å². The minimum absolute atomic E-state index is 0.107. The maximum Gasteiger partial charge on any atom is 0.355 e. The number of H-pyrrole nitrogens is 1. The molecule has 1 heterocycles. The Hall–Kier alpha value is -2.34. The SMILES string of the molecule is CCOC(=O)c1c(C)[nH]c(C(=O)OCc2ccc(F)cc2Cl)c1C. The summed E-state index contributed by atoms with van der Waals surface area (Å²) >= 11 is 5.90. The highest BCUT2D eigenvalue weighted by molar-refractivity contribution is 6.31. The van der Waals surface area contributed by atoms with Crippen LogP contribution in [0.1, 0.15) is 44.6 Å². The van der Waals surface area contributed by atoms with E-state index in [-0.39, 0.29) is 23.9 Å². The number of hydrogen-bond donors (Lipinski definition) is 1. The van der Waals surface area contributed by atoms with E-state index in [1.165, 1.54) is 12.1 Å². The molecule has 7 heteroatoms. The van der Waals surface area contributed by atoms with Gasteiger partial charge in [0.1, 0.15) is 18.1 Å². The van der Waals surface area contributed by atoms with Gasteiger partial charge in [0.25, 0.3) is 0 Å². The second-order valence-electron chi connectivity index (χ2n) is 5.16. The lowest BCUT2D eigenvalue weighted by molar-refractivity contribution is 0.0465. The Morgan fingerprint density at radius 2 is 1.92 bits per heavy atom. The first kappa shape index (κ1) is 18.0. The zero-order valence-electron chi connectivity index (χ0n) is 13.5. The standard InChI is InChI=1S/C17H17ClFNO4/c1-4-23-16(21)14-9(2)15(20-10(14)3)17(22)24-8-11-5-6-12(19)7-13(11)18/h5-7,20H,4,8H2,1-3H3. The molecule has 0 aliphatic rings. The summed E-state index contributed by atoms with van der Waals surface area (Å²) in [6, 6.07) is 3.83. The number of hydrogen-bond acceptors (Lipinski definition) is 4. The zero-order chi connectivity index (χ0) is 17.9. The summed E-state index contributed by atoms with van der Waals surface area (Å²) in [6.07, 6.45) is 0. The number of ether oxygens (including phenoxy) is 2. The van der Waals surface area contributed by atoms with Crippen molar-refractivity contribution in [2.45, 2.75) is 27.4 Å². The van der Waals surface area contributed by atoms with Gasteiger partial charge in [-0.25, -0.2) is 14.0 Å². The van der Waals surface area contributed by atoms with Gasteiger partial charge in [-0.05, 0) is 38.5 Å². The van der Waals surface area contributed by atoms with Gasteiger partial charge in [-0.1, -0.05) is 17.7 Å². The molecule has 0 aliphatic heterocycles. The number of carbonyl (C=O) groups is 2. The smallest absolute Gasteiger partial charge is 0.355 e. The van der Waals surface area contributed by atoms with Crippen molar-refractivity contribution in [2.24, 2.45) is 0 Å². The summed E-state index contributed by atoms with van der Waals surface area (Å²) in [5, 5.41) is 0.175. The molecule has 1 aromatic carbocycles. The van der Waals surface area contributed by atoms with E-state index in [1.54, 1.807) is 20.8 Å². The van der Waals surface area contributed by atoms with Crippen molar-refractivity contribution < 1.29 is 23.5 Å². The van der Waals surface area contributed by atoms with Crippen molar-refractivity contribution in [1.82, 2.24) is 4.98 Å². The summed E-state index contributed by atoms with van der Waals surface area (Å²) in [4.78, 5) is 27.0. The van der Waals surface area contributed by atoms with Gasteiger partial charge in [0.2, 0.25) is 0 Å². The van der Waals surface area contributed by atoms with Gasteiger partial charge >= 0.3 is 11.9 Å². The number of aromatic nitrogens is 1. The van der Waals surface area contributed by atoms with Crippen LogP contribution in [0.25, 0.3) is 0 Å². The third kappa shape index (κ3) is 3.76. The average Bonchev–Trinajstić information content (AvgIpc) is 2.81. The van der Waals surface area contributed by atoms with E-state index in [1.807, 2.05) is 0 Å². The quantitative estimate of drug-likeness (QED) is 0.826. The summed E-state index contributed by atoms with van der Waals surface area (Å²) in [7, 11) is 0. The fourth-order valence-electron chi connectivity index (χ4n) is 2.32. The minimum atomic E-state index is -0.633. The first-order chi connectivity index (χ1) is 11.3. The molecule has 2 aromatic rings. The van der Waals surface area contributed by atoms with E-state index >= 15 is 0 Å². The Bertz CT molecular complexity index is 785. The van der Waals surface area contributed by atoms with E-state index in [9.17, 15) is 14.0 Å². The van der Waals surface area contributed by atoms with Gasteiger partial charge in [-0.3, -0.25) is 0 Å². The second kappa shape index (κ2) is 7.49. The Kier molecular flexibility index (Phi) is 5.62. The van der Waals surface area contributed by atoms with E-state index in [4.69, 9.17) is 21.1 Å². The van der Waals surface area contributed by atoms with Crippen LogP contribution in [0.15, 0.2) is 18.2 Å². The number of esters is 2. The Morgan fingerprint density at radius 1 is 1.21 bits per heavy atom. The van der Waals surface area contributed by atoms with Crippen LogP contribution in [-0.4, -0.2) is 23.5 Å². The highest BCUT2D eigenvalue weighted by atomic mass is 35.5. The maximum atomic E-state index is 13.0.